The summed E-state index contributed by atoms with van der Waals surface area (Å²) in [6, 6.07) is 7.32. The second kappa shape index (κ2) is 10.4. The Balaban J connectivity index is 1.99. The molecule has 1 fully saturated rings. The van der Waals surface area contributed by atoms with Gasteiger partial charge in [0.05, 0.1) is 33.1 Å². The number of hydrogen-bond acceptors (Lipinski definition) is 6. The van der Waals surface area contributed by atoms with Gasteiger partial charge >= 0.3 is 0 Å². The first-order chi connectivity index (χ1) is 16.5. The van der Waals surface area contributed by atoms with Gasteiger partial charge in [-0.3, -0.25) is 9.59 Å². The molecule has 0 bridgehead atoms. The number of rotatable bonds is 5. The summed E-state index contributed by atoms with van der Waals surface area (Å²) in [4.78, 5) is 27.8. The first kappa shape index (κ1) is 23.9. The Kier molecular flexibility index (Phi) is 7.29. The largest absolute Gasteiger partial charge is 0.493 e. The third-order valence-electron chi connectivity index (χ3n) is 6.84. The van der Waals surface area contributed by atoms with Gasteiger partial charge in [-0.1, -0.05) is 18.9 Å². The Morgan fingerprint density at radius 1 is 0.971 bits per heavy atom. The van der Waals surface area contributed by atoms with Gasteiger partial charge < -0.3 is 24.4 Å². The van der Waals surface area contributed by atoms with Crippen LogP contribution in [0.1, 0.15) is 56.2 Å². The average molecular weight is 467 g/mol. The number of ether oxygens (including phenoxy) is 3. The number of amides is 1. The fraction of sp³-hybridized carbons (Fsp3) is 0.481. The molecule has 0 radical (unpaired) electrons. The third-order valence-corrected chi connectivity index (χ3v) is 6.84. The van der Waals surface area contributed by atoms with Crippen LogP contribution >= 0.6 is 0 Å². The molecule has 1 amide bonds. The number of nitrogens with one attached hydrogen (secondary N) is 1. The van der Waals surface area contributed by atoms with E-state index >= 15 is 0 Å². The summed E-state index contributed by atoms with van der Waals surface area (Å²) >= 11 is 0. The Hall–Kier alpha value is -3.22. The van der Waals surface area contributed by atoms with E-state index in [0.717, 1.165) is 48.2 Å². The number of benzene rings is 1. The first-order valence-corrected chi connectivity index (χ1v) is 12.0. The van der Waals surface area contributed by atoms with Crippen LogP contribution in [0.2, 0.25) is 0 Å². The molecule has 0 saturated carbocycles. The maximum absolute atomic E-state index is 13.5. The van der Waals surface area contributed by atoms with Crippen LogP contribution in [0.5, 0.6) is 17.2 Å². The monoisotopic (exact) mass is 466 g/mol. The van der Waals surface area contributed by atoms with Crippen molar-refractivity contribution in [2.75, 3.05) is 39.3 Å². The van der Waals surface area contributed by atoms with Crippen molar-refractivity contribution in [2.24, 2.45) is 0 Å². The van der Waals surface area contributed by atoms with Crippen LogP contribution < -0.4 is 29.9 Å². The zero-order chi connectivity index (χ0) is 24.2. The number of fused-ring (bicyclic) bond motifs is 3. The molecule has 0 unspecified atom stereocenters. The summed E-state index contributed by atoms with van der Waals surface area (Å²) in [6.45, 7) is 3.27. The summed E-state index contributed by atoms with van der Waals surface area (Å²) in [5, 5.41) is 3.06. The molecule has 1 saturated heterocycles. The molecule has 2 aromatic carbocycles. The van der Waals surface area contributed by atoms with Gasteiger partial charge in [0.25, 0.3) is 0 Å². The number of nitrogens with zero attached hydrogens (tertiary/aromatic N) is 1. The highest BCUT2D eigenvalue weighted by Gasteiger charge is 2.29. The van der Waals surface area contributed by atoms with Gasteiger partial charge in [-0.05, 0) is 60.6 Å². The number of methoxy groups -OCH3 is 3. The van der Waals surface area contributed by atoms with Crippen LogP contribution in [0.4, 0.5) is 5.69 Å². The zero-order valence-electron chi connectivity index (χ0n) is 20.5. The second-order valence-corrected chi connectivity index (χ2v) is 8.97. The van der Waals surface area contributed by atoms with Crippen molar-refractivity contribution >= 4 is 11.6 Å². The molecule has 1 heterocycles. The highest BCUT2D eigenvalue weighted by molar-refractivity contribution is 5.83. The van der Waals surface area contributed by atoms with E-state index in [1.165, 1.54) is 19.8 Å². The molecule has 34 heavy (non-hydrogen) atoms. The van der Waals surface area contributed by atoms with E-state index in [0.29, 0.717) is 35.8 Å². The van der Waals surface area contributed by atoms with Crippen LogP contribution in [-0.2, 0) is 11.2 Å². The molecule has 2 aliphatic rings. The summed E-state index contributed by atoms with van der Waals surface area (Å²) in [7, 11) is 4.80. The standard InChI is InChI=1S/C27H34N2O5/c1-17(30)28-21-11-9-18-15-24(32-2)26(33-3)27(34-4)25(18)19-10-12-22(23(31)16-20(19)21)29-13-7-5-6-8-14-29/h10,12,15-16,21H,5-9,11,13-14H2,1-4H3,(H,28,30)/t21-/m0/s1. The SMILES string of the molecule is COc1cc2c(c(OC)c1OC)-c1ccc(N3CCCCCC3)c(=O)cc1[C@@H](NC(C)=O)CC2. The van der Waals surface area contributed by atoms with E-state index in [1.54, 1.807) is 27.4 Å². The van der Waals surface area contributed by atoms with Gasteiger partial charge in [-0.2, -0.15) is 0 Å². The van der Waals surface area contributed by atoms with Crippen molar-refractivity contribution in [3.05, 3.63) is 45.6 Å². The van der Waals surface area contributed by atoms with Crippen molar-refractivity contribution < 1.29 is 19.0 Å². The van der Waals surface area contributed by atoms with Crippen molar-refractivity contribution in [1.29, 1.82) is 0 Å². The van der Waals surface area contributed by atoms with Gasteiger partial charge in [-0.15, -0.1) is 0 Å². The van der Waals surface area contributed by atoms with E-state index in [2.05, 4.69) is 10.2 Å². The van der Waals surface area contributed by atoms with Gasteiger partial charge in [-0.25, -0.2) is 0 Å². The van der Waals surface area contributed by atoms with Gasteiger partial charge in [0.15, 0.2) is 11.5 Å². The third kappa shape index (κ3) is 4.56. The van der Waals surface area contributed by atoms with Crippen LogP contribution in [0.3, 0.4) is 0 Å². The molecule has 1 N–H and O–H groups in total. The van der Waals surface area contributed by atoms with Crippen LogP contribution in [0, 0.1) is 0 Å². The Bertz CT molecular complexity index is 1120. The summed E-state index contributed by atoms with van der Waals surface area (Å²) in [5.41, 5.74) is 4.24. The lowest BCUT2D eigenvalue weighted by Crippen LogP contribution is -2.29. The molecule has 182 valence electrons. The molecule has 1 aliphatic carbocycles. The average Bonchev–Trinajstić information content (AvgIpc) is 3.24. The number of anilines is 1. The zero-order valence-corrected chi connectivity index (χ0v) is 20.5. The van der Waals surface area contributed by atoms with Crippen LogP contribution in [0.15, 0.2) is 29.1 Å². The summed E-state index contributed by atoms with van der Waals surface area (Å²) in [5.74, 6) is 1.54. The minimum Gasteiger partial charge on any atom is -0.493 e. The lowest BCUT2D eigenvalue weighted by molar-refractivity contribution is -0.119. The molecule has 1 aliphatic heterocycles. The summed E-state index contributed by atoms with van der Waals surface area (Å²) in [6.07, 6.45) is 5.89. The maximum atomic E-state index is 13.5. The predicted molar refractivity (Wildman–Crippen MR) is 133 cm³/mol. The summed E-state index contributed by atoms with van der Waals surface area (Å²) < 4.78 is 17.1. The number of carbonyl (C=O) groups excluding carboxylic acids is 1. The van der Waals surface area contributed by atoms with Crippen molar-refractivity contribution in [3.8, 4) is 28.4 Å². The highest BCUT2D eigenvalue weighted by Crippen LogP contribution is 2.50. The molecule has 4 rings (SSSR count). The molecular formula is C27H34N2O5. The maximum Gasteiger partial charge on any atom is 0.217 e. The molecule has 0 spiro atoms. The quantitative estimate of drug-likeness (QED) is 0.710. The molecule has 7 nitrogen and oxygen atoms in total. The Morgan fingerprint density at radius 2 is 1.68 bits per heavy atom. The second-order valence-electron chi connectivity index (χ2n) is 8.97. The van der Waals surface area contributed by atoms with E-state index < -0.39 is 0 Å². The number of carbonyl (C=O) groups is 1. The molecule has 7 heteroatoms. The predicted octanol–water partition coefficient (Wildman–Crippen LogP) is 4.24. The molecular weight excluding hydrogens is 432 g/mol. The van der Waals surface area contributed by atoms with Crippen LogP contribution in [-0.4, -0.2) is 40.3 Å². The highest BCUT2D eigenvalue weighted by atomic mass is 16.5. The molecule has 1 atom stereocenters. The van der Waals surface area contributed by atoms with E-state index in [-0.39, 0.29) is 17.4 Å². The van der Waals surface area contributed by atoms with Crippen molar-refractivity contribution in [3.63, 3.8) is 0 Å². The van der Waals surface area contributed by atoms with Gasteiger partial charge in [0.1, 0.15) is 0 Å². The van der Waals surface area contributed by atoms with Crippen molar-refractivity contribution in [1.82, 2.24) is 5.32 Å². The number of hydrogen-bond donors (Lipinski definition) is 1. The Labute approximate surface area is 201 Å². The fourth-order valence-corrected chi connectivity index (χ4v) is 5.27. The Morgan fingerprint density at radius 3 is 2.29 bits per heavy atom. The van der Waals surface area contributed by atoms with E-state index in [4.69, 9.17) is 14.2 Å². The van der Waals surface area contributed by atoms with Crippen LogP contribution in [0.25, 0.3) is 11.1 Å². The lowest BCUT2D eigenvalue weighted by atomic mass is 9.95. The van der Waals surface area contributed by atoms with Gasteiger partial charge in [0, 0.05) is 25.6 Å². The minimum atomic E-state index is -0.293. The smallest absolute Gasteiger partial charge is 0.217 e. The van der Waals surface area contributed by atoms with Crippen molar-refractivity contribution in [2.45, 2.75) is 51.5 Å². The molecule has 2 aromatic rings. The fourth-order valence-electron chi connectivity index (χ4n) is 5.27. The number of aryl methyl sites for hydroxylation is 1. The van der Waals surface area contributed by atoms with E-state index in [1.807, 2.05) is 18.2 Å². The van der Waals surface area contributed by atoms with Gasteiger partial charge in [0.2, 0.25) is 17.1 Å². The first-order valence-electron chi connectivity index (χ1n) is 12.0. The topological polar surface area (TPSA) is 77.1 Å². The van der Waals surface area contributed by atoms with E-state index in [9.17, 15) is 9.59 Å². The normalized spacial score (nSPS) is 17.5. The lowest BCUT2D eigenvalue weighted by Gasteiger charge is -2.21. The molecule has 0 aromatic heterocycles. The minimum absolute atomic E-state index is 0.0265.